The maximum atomic E-state index is 11.8. The maximum Gasteiger partial charge on any atom is 0.308 e. The third-order valence-corrected chi connectivity index (χ3v) is 2.72. The van der Waals surface area contributed by atoms with Gasteiger partial charge in [-0.1, -0.05) is 24.6 Å². The molecular weight excluding hydrogens is 276 g/mol. The van der Waals surface area contributed by atoms with Crippen LogP contribution < -0.4 is 5.32 Å². The van der Waals surface area contributed by atoms with Crippen molar-refractivity contribution in [2.75, 3.05) is 6.54 Å². The second-order valence-corrected chi connectivity index (χ2v) is 4.25. The van der Waals surface area contributed by atoms with Gasteiger partial charge < -0.3 is 10.4 Å². The van der Waals surface area contributed by atoms with Gasteiger partial charge in [-0.2, -0.15) is 0 Å². The van der Waals surface area contributed by atoms with Crippen molar-refractivity contribution in [1.29, 1.82) is 0 Å². The number of benzene rings is 1. The molecule has 0 fully saturated rings. The summed E-state index contributed by atoms with van der Waals surface area (Å²) in [6.07, 6.45) is 0. The van der Waals surface area contributed by atoms with Crippen molar-refractivity contribution in [1.82, 2.24) is 5.32 Å². The Hall–Kier alpha value is -2.15. The molecule has 7 nitrogen and oxygen atoms in total. The van der Waals surface area contributed by atoms with Crippen molar-refractivity contribution >= 4 is 29.2 Å². The van der Waals surface area contributed by atoms with Gasteiger partial charge in [0.25, 0.3) is 11.6 Å². The van der Waals surface area contributed by atoms with Crippen LogP contribution in [0, 0.1) is 16.0 Å². The van der Waals surface area contributed by atoms with Crippen LogP contribution in [0.4, 0.5) is 5.69 Å². The number of carboxylic acid groups (broad SMARTS) is 1. The van der Waals surface area contributed by atoms with E-state index >= 15 is 0 Å². The normalized spacial score (nSPS) is 11.7. The van der Waals surface area contributed by atoms with E-state index in [9.17, 15) is 19.7 Å². The summed E-state index contributed by atoms with van der Waals surface area (Å²) < 4.78 is 0. The molecule has 0 aliphatic carbocycles. The Kier molecular flexibility index (Phi) is 4.82. The first-order valence-corrected chi connectivity index (χ1v) is 5.66. The van der Waals surface area contributed by atoms with Crippen molar-refractivity contribution in [2.24, 2.45) is 5.92 Å². The van der Waals surface area contributed by atoms with E-state index in [1.165, 1.54) is 19.1 Å². The topological polar surface area (TPSA) is 110 Å². The molecule has 0 aromatic heterocycles. The molecule has 0 aliphatic heterocycles. The molecule has 0 bridgehead atoms. The monoisotopic (exact) mass is 286 g/mol. The zero-order chi connectivity index (χ0) is 14.6. The van der Waals surface area contributed by atoms with Gasteiger partial charge in [-0.3, -0.25) is 19.7 Å². The lowest BCUT2D eigenvalue weighted by Crippen LogP contribution is -2.32. The summed E-state index contributed by atoms with van der Waals surface area (Å²) in [6.45, 7) is 1.26. The summed E-state index contributed by atoms with van der Waals surface area (Å²) >= 11 is 5.76. The molecule has 1 atom stereocenters. The smallest absolute Gasteiger partial charge is 0.308 e. The van der Waals surface area contributed by atoms with Gasteiger partial charge in [-0.25, -0.2) is 0 Å². The molecule has 0 aliphatic rings. The predicted molar refractivity (Wildman–Crippen MR) is 67.2 cm³/mol. The Morgan fingerprint density at radius 2 is 2.16 bits per heavy atom. The van der Waals surface area contributed by atoms with Gasteiger partial charge in [0.05, 0.1) is 15.9 Å². The Balaban J connectivity index is 2.94. The second-order valence-electron chi connectivity index (χ2n) is 3.84. The summed E-state index contributed by atoms with van der Waals surface area (Å²) in [5, 5.41) is 21.7. The fourth-order valence-corrected chi connectivity index (χ4v) is 1.57. The fourth-order valence-electron chi connectivity index (χ4n) is 1.31. The van der Waals surface area contributed by atoms with Gasteiger partial charge in [0, 0.05) is 12.6 Å². The number of nitrogens with one attached hydrogen (secondary N) is 1. The number of nitro benzene ring substituents is 1. The Bertz CT molecular complexity index is 532. The highest BCUT2D eigenvalue weighted by atomic mass is 35.5. The minimum atomic E-state index is -1.08. The number of hydrogen-bond acceptors (Lipinski definition) is 4. The largest absolute Gasteiger partial charge is 0.481 e. The molecule has 1 unspecified atom stereocenters. The van der Waals surface area contributed by atoms with Crippen molar-refractivity contribution in [3.8, 4) is 0 Å². The van der Waals surface area contributed by atoms with Gasteiger partial charge in [-0.15, -0.1) is 0 Å². The minimum Gasteiger partial charge on any atom is -0.481 e. The third-order valence-electron chi connectivity index (χ3n) is 2.41. The van der Waals surface area contributed by atoms with E-state index in [2.05, 4.69) is 5.32 Å². The lowest BCUT2D eigenvalue weighted by atomic mass is 10.1. The van der Waals surface area contributed by atoms with Gasteiger partial charge in [0.1, 0.15) is 5.56 Å². The first-order valence-electron chi connectivity index (χ1n) is 5.28. The maximum absolute atomic E-state index is 11.8. The summed E-state index contributed by atoms with van der Waals surface area (Å²) in [4.78, 5) is 32.5. The Labute approximate surface area is 113 Å². The molecule has 102 valence electrons. The number of halogens is 1. The van der Waals surface area contributed by atoms with E-state index in [0.29, 0.717) is 0 Å². The fraction of sp³-hybridized carbons (Fsp3) is 0.273. The third kappa shape index (κ3) is 3.65. The molecule has 19 heavy (non-hydrogen) atoms. The van der Waals surface area contributed by atoms with Crippen LogP contribution >= 0.6 is 11.6 Å². The highest BCUT2D eigenvalue weighted by Gasteiger charge is 2.24. The zero-order valence-corrected chi connectivity index (χ0v) is 10.7. The van der Waals surface area contributed by atoms with E-state index in [1.54, 1.807) is 0 Å². The number of rotatable bonds is 5. The number of nitro groups is 1. The molecule has 2 N–H and O–H groups in total. The summed E-state index contributed by atoms with van der Waals surface area (Å²) in [6, 6.07) is 3.86. The number of carbonyl (C=O) groups is 2. The zero-order valence-electron chi connectivity index (χ0n) is 9.92. The molecule has 0 saturated heterocycles. The van der Waals surface area contributed by atoms with E-state index in [4.69, 9.17) is 16.7 Å². The van der Waals surface area contributed by atoms with Crippen LogP contribution in [-0.2, 0) is 4.79 Å². The number of aliphatic carboxylic acids is 1. The summed E-state index contributed by atoms with van der Waals surface area (Å²) in [5.41, 5.74) is -0.695. The van der Waals surface area contributed by atoms with E-state index in [0.717, 1.165) is 6.07 Å². The Morgan fingerprint density at radius 3 is 2.68 bits per heavy atom. The van der Waals surface area contributed by atoms with Gasteiger partial charge in [0.2, 0.25) is 0 Å². The van der Waals surface area contributed by atoms with Crippen LogP contribution in [0.1, 0.15) is 17.3 Å². The Morgan fingerprint density at radius 1 is 1.53 bits per heavy atom. The average Bonchev–Trinajstić information content (AvgIpc) is 2.34. The number of hydrogen-bond donors (Lipinski definition) is 2. The van der Waals surface area contributed by atoms with Crippen LogP contribution in [-0.4, -0.2) is 28.5 Å². The molecular formula is C11H11ClN2O5. The van der Waals surface area contributed by atoms with Crippen LogP contribution in [0.3, 0.4) is 0 Å². The lowest BCUT2D eigenvalue weighted by molar-refractivity contribution is -0.385. The van der Waals surface area contributed by atoms with E-state index in [1.807, 2.05) is 0 Å². The second kappa shape index (κ2) is 6.14. The van der Waals surface area contributed by atoms with Gasteiger partial charge >= 0.3 is 5.97 Å². The number of nitrogens with zero attached hydrogens (tertiary/aromatic N) is 1. The molecule has 0 saturated carbocycles. The molecule has 0 heterocycles. The highest BCUT2D eigenvalue weighted by Crippen LogP contribution is 2.25. The quantitative estimate of drug-likeness (QED) is 0.632. The summed E-state index contributed by atoms with van der Waals surface area (Å²) in [7, 11) is 0. The predicted octanol–water partition coefficient (Wildman–Crippen LogP) is 1.70. The molecule has 1 amide bonds. The molecule has 8 heteroatoms. The first kappa shape index (κ1) is 14.9. The molecule has 1 rings (SSSR count). The highest BCUT2D eigenvalue weighted by molar-refractivity contribution is 6.34. The summed E-state index contributed by atoms with van der Waals surface area (Å²) in [5.74, 6) is -2.65. The van der Waals surface area contributed by atoms with Crippen molar-refractivity contribution < 1.29 is 19.6 Å². The van der Waals surface area contributed by atoms with Gasteiger partial charge in [-0.05, 0) is 6.07 Å². The number of carboxylic acids is 1. The van der Waals surface area contributed by atoms with Crippen LogP contribution in [0.2, 0.25) is 5.02 Å². The van der Waals surface area contributed by atoms with Crippen molar-refractivity contribution in [3.05, 3.63) is 38.9 Å². The molecule has 0 radical (unpaired) electrons. The standard InChI is InChI=1S/C11H11ClN2O5/c1-6(11(16)17)5-13-10(15)9-7(12)3-2-4-8(9)14(18)19/h2-4,6H,5H2,1H3,(H,13,15)(H,16,17). The van der Waals surface area contributed by atoms with Gasteiger partial charge in [0.15, 0.2) is 0 Å². The van der Waals surface area contributed by atoms with E-state index < -0.39 is 28.4 Å². The average molecular weight is 287 g/mol. The lowest BCUT2D eigenvalue weighted by Gasteiger charge is -2.09. The number of carbonyl (C=O) groups excluding carboxylic acids is 1. The van der Waals surface area contributed by atoms with Crippen LogP contribution in [0.5, 0.6) is 0 Å². The van der Waals surface area contributed by atoms with Crippen molar-refractivity contribution in [2.45, 2.75) is 6.92 Å². The van der Waals surface area contributed by atoms with Crippen LogP contribution in [0.15, 0.2) is 18.2 Å². The van der Waals surface area contributed by atoms with E-state index in [-0.39, 0.29) is 17.1 Å². The first-order chi connectivity index (χ1) is 8.84. The minimum absolute atomic E-state index is 0.0605. The van der Waals surface area contributed by atoms with Crippen LogP contribution in [0.25, 0.3) is 0 Å². The molecule has 0 spiro atoms. The van der Waals surface area contributed by atoms with Crippen molar-refractivity contribution in [3.63, 3.8) is 0 Å². The molecule has 1 aromatic rings. The SMILES string of the molecule is CC(CNC(=O)c1c(Cl)cccc1[N+](=O)[O-])C(=O)O. The molecule has 1 aromatic carbocycles. The number of amides is 1.